The first-order chi connectivity index (χ1) is 31.6. The molecule has 2 heteroatoms. The van der Waals surface area contributed by atoms with Crippen LogP contribution in [0, 0.1) is 0 Å². The summed E-state index contributed by atoms with van der Waals surface area (Å²) >= 11 is 0. The minimum atomic E-state index is -0.0749. The lowest BCUT2D eigenvalue weighted by Gasteiger charge is -2.42. The maximum Gasteiger partial charge on any atom is 0.221 e. The highest BCUT2D eigenvalue weighted by atomic mass is 15.1. The Bertz CT molecular complexity index is 3110. The van der Waals surface area contributed by atoms with Crippen molar-refractivity contribution in [3.05, 3.63) is 217 Å². The zero-order valence-electron chi connectivity index (χ0n) is 37.3. The summed E-state index contributed by atoms with van der Waals surface area (Å²) in [6.07, 6.45) is 11.6. The van der Waals surface area contributed by atoms with Crippen molar-refractivity contribution in [3.63, 3.8) is 0 Å². The van der Waals surface area contributed by atoms with Crippen LogP contribution in [0.4, 0.5) is 0 Å². The van der Waals surface area contributed by atoms with E-state index >= 15 is 0 Å². The minimum Gasteiger partial charge on any atom is -0.194 e. The molecule has 2 aromatic heterocycles. The SMILES string of the molecule is CCCCc1ccc2[n+](c1)C(CC)C(CC)(CC1c3ccc(-c4cccc(-c5cc(-c6ccccc6)cc(-c6ccccc6)c5)c4)cc3-c3c4ccccc4cc[n+]31)c1ccccc1-2. The van der Waals surface area contributed by atoms with E-state index in [0.29, 0.717) is 6.04 Å². The number of rotatable bonds is 11. The molecule has 9 aromatic rings. The topological polar surface area (TPSA) is 7.76 Å². The van der Waals surface area contributed by atoms with E-state index in [1.54, 1.807) is 0 Å². The summed E-state index contributed by atoms with van der Waals surface area (Å²) in [6.45, 7) is 7.16. The van der Waals surface area contributed by atoms with E-state index in [1.165, 1.54) is 107 Å². The van der Waals surface area contributed by atoms with Crippen molar-refractivity contribution in [3.8, 4) is 67.0 Å². The van der Waals surface area contributed by atoms with Crippen LogP contribution < -0.4 is 9.13 Å². The van der Waals surface area contributed by atoms with Crippen LogP contribution in [0.25, 0.3) is 77.8 Å². The first-order valence-electron chi connectivity index (χ1n) is 23.6. The van der Waals surface area contributed by atoms with Gasteiger partial charge < -0.3 is 0 Å². The van der Waals surface area contributed by atoms with Crippen molar-refractivity contribution in [1.29, 1.82) is 0 Å². The van der Waals surface area contributed by atoms with Gasteiger partial charge in [-0.15, -0.1) is 0 Å². The van der Waals surface area contributed by atoms with E-state index in [-0.39, 0.29) is 11.5 Å². The summed E-state index contributed by atoms with van der Waals surface area (Å²) < 4.78 is 5.32. The molecule has 11 rings (SSSR count). The van der Waals surface area contributed by atoms with E-state index in [0.717, 1.165) is 25.7 Å². The largest absolute Gasteiger partial charge is 0.221 e. The molecule has 64 heavy (non-hydrogen) atoms. The van der Waals surface area contributed by atoms with Crippen LogP contribution in [-0.4, -0.2) is 0 Å². The first kappa shape index (κ1) is 39.9. The van der Waals surface area contributed by atoms with E-state index in [2.05, 4.69) is 230 Å². The van der Waals surface area contributed by atoms with Crippen LogP contribution in [0.2, 0.25) is 0 Å². The van der Waals surface area contributed by atoms with Gasteiger partial charge in [0.2, 0.25) is 11.4 Å². The number of aromatic nitrogens is 2. The van der Waals surface area contributed by atoms with Gasteiger partial charge in [-0.3, -0.25) is 0 Å². The molecular formula is C62H56N2+2. The van der Waals surface area contributed by atoms with Gasteiger partial charge in [0.15, 0.2) is 24.5 Å². The van der Waals surface area contributed by atoms with E-state index in [1.807, 2.05) is 0 Å². The van der Waals surface area contributed by atoms with Crippen LogP contribution in [0.1, 0.15) is 81.6 Å². The Kier molecular flexibility index (Phi) is 10.4. The van der Waals surface area contributed by atoms with Crippen molar-refractivity contribution < 1.29 is 9.13 Å². The number of aryl methyl sites for hydroxylation is 1. The molecule has 0 N–H and O–H groups in total. The molecule has 0 bridgehead atoms. The second kappa shape index (κ2) is 16.7. The Labute approximate surface area is 379 Å². The molecule has 0 amide bonds. The van der Waals surface area contributed by atoms with Gasteiger partial charge in [-0.2, -0.15) is 9.13 Å². The van der Waals surface area contributed by atoms with Gasteiger partial charge in [-0.1, -0.05) is 155 Å². The highest BCUT2D eigenvalue weighted by Gasteiger charge is 2.54. The van der Waals surface area contributed by atoms with Crippen molar-refractivity contribution >= 4 is 10.8 Å². The molecule has 3 unspecified atom stereocenters. The predicted molar refractivity (Wildman–Crippen MR) is 266 cm³/mol. The summed E-state index contributed by atoms with van der Waals surface area (Å²) in [4.78, 5) is 0. The summed E-state index contributed by atoms with van der Waals surface area (Å²) in [7, 11) is 0. The van der Waals surface area contributed by atoms with Gasteiger partial charge in [-0.25, -0.2) is 0 Å². The highest BCUT2D eigenvalue weighted by molar-refractivity contribution is 5.95. The molecular weight excluding hydrogens is 773 g/mol. The average molecular weight is 829 g/mol. The molecule has 0 saturated heterocycles. The van der Waals surface area contributed by atoms with Crippen LogP contribution in [0.15, 0.2) is 200 Å². The number of hydrogen-bond acceptors (Lipinski definition) is 0. The van der Waals surface area contributed by atoms with E-state index < -0.39 is 0 Å². The second-order valence-electron chi connectivity index (χ2n) is 18.2. The lowest BCUT2D eigenvalue weighted by Crippen LogP contribution is -2.57. The third kappa shape index (κ3) is 6.79. The molecule has 4 heterocycles. The smallest absolute Gasteiger partial charge is 0.194 e. The zero-order chi connectivity index (χ0) is 43.2. The van der Waals surface area contributed by atoms with Crippen molar-refractivity contribution in [2.75, 3.05) is 0 Å². The fourth-order valence-electron chi connectivity index (χ4n) is 11.5. The maximum absolute atomic E-state index is 2.69. The third-order valence-electron chi connectivity index (χ3n) is 14.7. The van der Waals surface area contributed by atoms with Crippen molar-refractivity contribution in [1.82, 2.24) is 0 Å². The number of hydrogen-bond donors (Lipinski definition) is 0. The van der Waals surface area contributed by atoms with Crippen LogP contribution in [0.3, 0.4) is 0 Å². The summed E-state index contributed by atoms with van der Waals surface area (Å²) in [5.41, 5.74) is 19.5. The number of pyridine rings is 2. The van der Waals surface area contributed by atoms with E-state index in [9.17, 15) is 0 Å². The Morgan fingerprint density at radius 1 is 0.500 bits per heavy atom. The Morgan fingerprint density at radius 3 is 1.84 bits per heavy atom. The fourth-order valence-corrected chi connectivity index (χ4v) is 11.5. The lowest BCUT2D eigenvalue weighted by atomic mass is 9.63. The Hall–Kier alpha value is -6.90. The maximum atomic E-state index is 2.69. The van der Waals surface area contributed by atoms with Crippen LogP contribution in [-0.2, 0) is 11.8 Å². The second-order valence-corrected chi connectivity index (χ2v) is 18.2. The van der Waals surface area contributed by atoms with Gasteiger partial charge in [0.05, 0.1) is 21.9 Å². The van der Waals surface area contributed by atoms with Crippen molar-refractivity contribution in [2.45, 2.75) is 76.8 Å². The van der Waals surface area contributed by atoms with E-state index in [4.69, 9.17) is 0 Å². The van der Waals surface area contributed by atoms with Gasteiger partial charge in [0.25, 0.3) is 0 Å². The third-order valence-corrected chi connectivity index (χ3v) is 14.7. The van der Waals surface area contributed by atoms with Gasteiger partial charge in [0, 0.05) is 36.1 Å². The van der Waals surface area contributed by atoms with Gasteiger partial charge in [-0.05, 0) is 123 Å². The summed E-state index contributed by atoms with van der Waals surface area (Å²) in [5.74, 6) is 0. The highest BCUT2D eigenvalue weighted by Crippen LogP contribution is 2.53. The molecule has 2 nitrogen and oxygen atoms in total. The summed E-state index contributed by atoms with van der Waals surface area (Å²) in [6, 6.07) is 71.1. The zero-order valence-corrected chi connectivity index (χ0v) is 37.3. The normalized spacial score (nSPS) is 17.1. The first-order valence-corrected chi connectivity index (χ1v) is 23.6. The molecule has 0 aliphatic carbocycles. The van der Waals surface area contributed by atoms with Gasteiger partial charge >= 0.3 is 0 Å². The van der Waals surface area contributed by atoms with Crippen LogP contribution >= 0.6 is 0 Å². The minimum absolute atomic E-state index is 0.0749. The van der Waals surface area contributed by atoms with Crippen LogP contribution in [0.5, 0.6) is 0 Å². The molecule has 0 radical (unpaired) electrons. The summed E-state index contributed by atoms with van der Waals surface area (Å²) in [5, 5.41) is 2.59. The Balaban J connectivity index is 1.04. The standard InChI is InChI=1S/C62H56N2/c1-4-7-19-43-30-33-58-55-28-16-17-29-57(55)62(6-3,60(5-2)64(58)42-43)41-59-54-32-31-49(40-56(54)61-53-27-15-14-24-46(53)34-35-63(59)61)47-25-18-26-48(36-47)52-38-50(44-20-10-8-11-21-44)37-51(39-52)45-22-12-9-13-23-45/h8-18,20-40,42,59-60H,4-7,19,41H2,1-3H3/q+2. The number of nitrogens with zero attached hydrogens (tertiary/aromatic N) is 2. The number of unbranched alkanes of at least 4 members (excludes halogenated alkanes) is 1. The quantitative estimate of drug-likeness (QED) is 0.115. The molecule has 3 atom stereocenters. The molecule has 0 saturated carbocycles. The molecule has 2 aliphatic heterocycles. The molecule has 0 fully saturated rings. The monoisotopic (exact) mass is 828 g/mol. The Morgan fingerprint density at radius 2 is 1.12 bits per heavy atom. The number of benzene rings is 7. The fraction of sp³-hybridized carbons (Fsp3) is 0.194. The lowest BCUT2D eigenvalue weighted by molar-refractivity contribution is -0.732. The molecule has 312 valence electrons. The van der Waals surface area contributed by atoms with Crippen molar-refractivity contribution in [2.24, 2.45) is 0 Å². The average Bonchev–Trinajstić information content (AvgIpc) is 3.68. The molecule has 7 aromatic carbocycles. The molecule has 0 spiro atoms. The number of fused-ring (bicyclic) bond motifs is 8. The predicted octanol–water partition coefficient (Wildman–Crippen LogP) is 15.4. The molecule has 2 aliphatic rings. The van der Waals surface area contributed by atoms with Gasteiger partial charge in [0.1, 0.15) is 0 Å².